The van der Waals surface area contributed by atoms with Crippen molar-refractivity contribution in [3.05, 3.63) is 46.0 Å². The summed E-state index contributed by atoms with van der Waals surface area (Å²) in [5, 5.41) is 0.719. The van der Waals surface area contributed by atoms with Crippen molar-refractivity contribution in [2.24, 2.45) is 0 Å². The molecular formula is C11H8BrClN2. The fraction of sp³-hybridized carbons (Fsp3) is 0. The summed E-state index contributed by atoms with van der Waals surface area (Å²) in [5.41, 5.74) is 7.71. The summed E-state index contributed by atoms with van der Waals surface area (Å²) in [6.45, 7) is 0. The summed E-state index contributed by atoms with van der Waals surface area (Å²) in [5.74, 6) is 0.503. The van der Waals surface area contributed by atoms with Crippen LogP contribution in [0.25, 0.3) is 11.1 Å². The summed E-state index contributed by atoms with van der Waals surface area (Å²) < 4.78 is 0.916. The summed E-state index contributed by atoms with van der Waals surface area (Å²) in [6.07, 6.45) is 1.69. The summed E-state index contributed by atoms with van der Waals surface area (Å²) >= 11 is 9.26. The fourth-order valence-electron chi connectivity index (χ4n) is 1.31. The molecule has 2 N–H and O–H groups in total. The van der Waals surface area contributed by atoms with Crippen molar-refractivity contribution in [3.63, 3.8) is 0 Å². The Balaban J connectivity index is 2.53. The first-order valence-corrected chi connectivity index (χ1v) is 5.51. The van der Waals surface area contributed by atoms with Crippen LogP contribution in [0.5, 0.6) is 0 Å². The van der Waals surface area contributed by atoms with Crippen LogP contribution in [-0.4, -0.2) is 4.98 Å². The van der Waals surface area contributed by atoms with E-state index in [1.165, 1.54) is 0 Å². The maximum Gasteiger partial charge on any atom is 0.123 e. The van der Waals surface area contributed by atoms with Gasteiger partial charge in [0.05, 0.1) is 0 Å². The Morgan fingerprint density at radius 1 is 1.20 bits per heavy atom. The molecule has 0 aliphatic carbocycles. The molecule has 76 valence electrons. The zero-order chi connectivity index (χ0) is 10.8. The third-order valence-corrected chi connectivity index (χ3v) is 2.92. The Labute approximate surface area is 101 Å². The summed E-state index contributed by atoms with van der Waals surface area (Å²) in [7, 11) is 0. The number of nitrogen functional groups attached to an aromatic ring is 1. The van der Waals surface area contributed by atoms with Crippen molar-refractivity contribution in [1.29, 1.82) is 0 Å². The van der Waals surface area contributed by atoms with Gasteiger partial charge >= 0.3 is 0 Å². The molecular weight excluding hydrogens is 275 g/mol. The van der Waals surface area contributed by atoms with E-state index in [0.29, 0.717) is 5.82 Å². The van der Waals surface area contributed by atoms with Gasteiger partial charge in [-0.15, -0.1) is 0 Å². The van der Waals surface area contributed by atoms with Gasteiger partial charge in [0, 0.05) is 21.3 Å². The van der Waals surface area contributed by atoms with Crippen molar-refractivity contribution < 1.29 is 0 Å². The average Bonchev–Trinajstić information content (AvgIpc) is 2.23. The SMILES string of the molecule is Nc1cc(-c2ccc(Cl)cc2)c(Br)cn1. The van der Waals surface area contributed by atoms with E-state index in [9.17, 15) is 0 Å². The lowest BCUT2D eigenvalue weighted by Gasteiger charge is -2.05. The Morgan fingerprint density at radius 3 is 2.53 bits per heavy atom. The van der Waals surface area contributed by atoms with Crippen LogP contribution in [0.3, 0.4) is 0 Å². The Kier molecular flexibility index (Phi) is 2.93. The van der Waals surface area contributed by atoms with Crippen molar-refractivity contribution in [1.82, 2.24) is 4.98 Å². The van der Waals surface area contributed by atoms with Gasteiger partial charge in [0.15, 0.2) is 0 Å². The third-order valence-electron chi connectivity index (χ3n) is 2.03. The lowest BCUT2D eigenvalue weighted by atomic mass is 10.1. The van der Waals surface area contributed by atoms with Gasteiger partial charge in [0.1, 0.15) is 5.82 Å². The van der Waals surface area contributed by atoms with Crippen molar-refractivity contribution in [3.8, 4) is 11.1 Å². The molecule has 4 heteroatoms. The highest BCUT2D eigenvalue weighted by Crippen LogP contribution is 2.29. The number of pyridine rings is 1. The number of aromatic nitrogens is 1. The van der Waals surface area contributed by atoms with E-state index < -0.39 is 0 Å². The smallest absolute Gasteiger partial charge is 0.123 e. The molecule has 0 amide bonds. The van der Waals surface area contributed by atoms with Crippen molar-refractivity contribution in [2.75, 3.05) is 5.73 Å². The van der Waals surface area contributed by atoms with Crippen LogP contribution in [0.2, 0.25) is 5.02 Å². The van der Waals surface area contributed by atoms with E-state index in [1.54, 1.807) is 6.20 Å². The van der Waals surface area contributed by atoms with Gasteiger partial charge in [-0.3, -0.25) is 0 Å². The zero-order valence-electron chi connectivity index (χ0n) is 7.74. The molecule has 1 aromatic carbocycles. The second kappa shape index (κ2) is 4.21. The van der Waals surface area contributed by atoms with Crippen LogP contribution in [-0.2, 0) is 0 Å². The second-order valence-electron chi connectivity index (χ2n) is 3.10. The Morgan fingerprint density at radius 2 is 1.87 bits per heavy atom. The third kappa shape index (κ3) is 2.30. The maximum atomic E-state index is 5.82. The van der Waals surface area contributed by atoms with Gasteiger partial charge in [0.25, 0.3) is 0 Å². The monoisotopic (exact) mass is 282 g/mol. The van der Waals surface area contributed by atoms with Crippen LogP contribution in [0.15, 0.2) is 41.0 Å². The van der Waals surface area contributed by atoms with Gasteiger partial charge in [-0.05, 0) is 39.7 Å². The molecule has 0 spiro atoms. The van der Waals surface area contributed by atoms with E-state index in [-0.39, 0.29) is 0 Å². The van der Waals surface area contributed by atoms with Gasteiger partial charge in [-0.1, -0.05) is 23.7 Å². The molecule has 0 saturated carbocycles. The predicted molar refractivity (Wildman–Crippen MR) is 66.8 cm³/mol. The minimum absolute atomic E-state index is 0.503. The number of hydrogen-bond donors (Lipinski definition) is 1. The maximum absolute atomic E-state index is 5.82. The van der Waals surface area contributed by atoms with E-state index >= 15 is 0 Å². The number of rotatable bonds is 1. The molecule has 0 saturated heterocycles. The molecule has 1 aromatic heterocycles. The molecule has 0 aliphatic rings. The first kappa shape index (κ1) is 10.5. The lowest BCUT2D eigenvalue weighted by Crippen LogP contribution is -1.90. The normalized spacial score (nSPS) is 10.3. The van der Waals surface area contributed by atoms with Crippen LogP contribution in [0.4, 0.5) is 5.82 Å². The number of halogens is 2. The highest BCUT2D eigenvalue weighted by molar-refractivity contribution is 9.10. The molecule has 0 unspecified atom stereocenters. The topological polar surface area (TPSA) is 38.9 Å². The van der Waals surface area contributed by atoms with Crippen LogP contribution < -0.4 is 5.73 Å². The highest BCUT2D eigenvalue weighted by Gasteiger charge is 2.03. The number of benzene rings is 1. The quantitative estimate of drug-likeness (QED) is 0.866. The summed E-state index contributed by atoms with van der Waals surface area (Å²) in [4.78, 5) is 3.99. The number of hydrogen-bond acceptors (Lipinski definition) is 2. The minimum atomic E-state index is 0.503. The fourth-order valence-corrected chi connectivity index (χ4v) is 1.88. The van der Waals surface area contributed by atoms with E-state index in [4.69, 9.17) is 17.3 Å². The van der Waals surface area contributed by atoms with Crippen LogP contribution >= 0.6 is 27.5 Å². The summed E-state index contributed by atoms with van der Waals surface area (Å²) in [6, 6.07) is 9.41. The first-order valence-electron chi connectivity index (χ1n) is 4.34. The number of anilines is 1. The molecule has 2 rings (SSSR count). The van der Waals surface area contributed by atoms with Crippen LogP contribution in [0, 0.1) is 0 Å². The Hall–Kier alpha value is -1.06. The predicted octanol–water partition coefficient (Wildman–Crippen LogP) is 3.75. The second-order valence-corrected chi connectivity index (χ2v) is 4.39. The van der Waals surface area contributed by atoms with E-state index in [2.05, 4.69) is 20.9 Å². The van der Waals surface area contributed by atoms with E-state index in [1.807, 2.05) is 30.3 Å². The molecule has 2 aromatic rings. The van der Waals surface area contributed by atoms with Gasteiger partial charge in [-0.25, -0.2) is 4.98 Å². The molecule has 0 aliphatic heterocycles. The standard InChI is InChI=1S/C11H8BrClN2/c12-10-6-15-11(14)5-9(10)7-1-3-8(13)4-2-7/h1-6H,(H2,14,15). The Bertz CT molecular complexity index is 482. The minimum Gasteiger partial charge on any atom is -0.384 e. The lowest BCUT2D eigenvalue weighted by molar-refractivity contribution is 1.32. The molecule has 2 nitrogen and oxygen atoms in total. The average molecular weight is 284 g/mol. The first-order chi connectivity index (χ1) is 7.16. The largest absolute Gasteiger partial charge is 0.384 e. The van der Waals surface area contributed by atoms with Gasteiger partial charge < -0.3 is 5.73 Å². The number of nitrogens with two attached hydrogens (primary N) is 1. The van der Waals surface area contributed by atoms with E-state index in [0.717, 1.165) is 20.6 Å². The zero-order valence-corrected chi connectivity index (χ0v) is 10.1. The van der Waals surface area contributed by atoms with Crippen LogP contribution in [0.1, 0.15) is 0 Å². The highest BCUT2D eigenvalue weighted by atomic mass is 79.9. The van der Waals surface area contributed by atoms with Gasteiger partial charge in [-0.2, -0.15) is 0 Å². The van der Waals surface area contributed by atoms with Gasteiger partial charge in [0.2, 0.25) is 0 Å². The molecule has 1 heterocycles. The van der Waals surface area contributed by atoms with Crippen molar-refractivity contribution in [2.45, 2.75) is 0 Å². The molecule has 0 radical (unpaired) electrons. The molecule has 0 bridgehead atoms. The molecule has 0 atom stereocenters. The van der Waals surface area contributed by atoms with Crippen molar-refractivity contribution >= 4 is 33.3 Å². The number of nitrogens with zero attached hydrogens (tertiary/aromatic N) is 1. The molecule has 15 heavy (non-hydrogen) atoms. The molecule has 0 fully saturated rings.